The summed E-state index contributed by atoms with van der Waals surface area (Å²) in [7, 11) is 0. The van der Waals surface area contributed by atoms with Crippen molar-refractivity contribution in [3.8, 4) is 0 Å². The molecule has 2 nitrogen and oxygen atoms in total. The van der Waals surface area contributed by atoms with E-state index >= 15 is 0 Å². The Morgan fingerprint density at radius 3 is 2.26 bits per heavy atom. The van der Waals surface area contributed by atoms with Gasteiger partial charge in [0.05, 0.1) is 0 Å². The van der Waals surface area contributed by atoms with Crippen LogP contribution in [0.5, 0.6) is 0 Å². The van der Waals surface area contributed by atoms with E-state index in [1.807, 2.05) is 30.6 Å². The Hall–Kier alpha value is -1.12. The molecule has 0 aliphatic heterocycles. The fraction of sp³-hybridized carbons (Fsp3) is 0.125. The van der Waals surface area contributed by atoms with Gasteiger partial charge in [-0.1, -0.05) is 61.0 Å². The van der Waals surface area contributed by atoms with Crippen molar-refractivity contribution in [1.29, 1.82) is 0 Å². The second-order valence-corrected chi connectivity index (χ2v) is 4.16. The van der Waals surface area contributed by atoms with E-state index in [4.69, 9.17) is 0 Å². The topological polar surface area (TPSA) is 34.1 Å². The van der Waals surface area contributed by atoms with Crippen molar-refractivity contribution in [2.45, 2.75) is 12.8 Å². The van der Waals surface area contributed by atoms with Gasteiger partial charge in [0.25, 0.3) is 0 Å². The average Bonchev–Trinajstić information content (AvgIpc) is 2.46. The van der Waals surface area contributed by atoms with Gasteiger partial charge in [-0.15, -0.1) is 5.92 Å². The van der Waals surface area contributed by atoms with Gasteiger partial charge in [-0.2, -0.15) is 0 Å². The molecule has 1 unspecified atom stereocenters. The average molecular weight is 326 g/mol. The summed E-state index contributed by atoms with van der Waals surface area (Å²) in [6.07, 6.45) is 1.93. The zero-order valence-corrected chi connectivity index (χ0v) is 13.5. The third kappa shape index (κ3) is 3.92. The molecule has 0 aliphatic rings. The number of hydrogen-bond donors (Lipinski definition) is 0. The van der Waals surface area contributed by atoms with E-state index in [-0.39, 0.29) is 44.4 Å². The standard InChI is InChI=1S/C16H13O2.Y/c1-12(11-17)14-8-5-9-15(10-14)16(18)13-6-3-2-4-7-13;/h2-10,12H,1H3;/q-1;. The Morgan fingerprint density at radius 1 is 1.00 bits per heavy atom. The van der Waals surface area contributed by atoms with Gasteiger partial charge in [0.2, 0.25) is 0 Å². The van der Waals surface area contributed by atoms with E-state index in [1.165, 1.54) is 0 Å². The Labute approximate surface area is 138 Å². The van der Waals surface area contributed by atoms with E-state index in [2.05, 4.69) is 0 Å². The summed E-state index contributed by atoms with van der Waals surface area (Å²) in [6, 6.07) is 16.2. The molecule has 0 saturated heterocycles. The van der Waals surface area contributed by atoms with Crippen LogP contribution in [0.25, 0.3) is 0 Å². The van der Waals surface area contributed by atoms with Crippen LogP contribution in [0.2, 0.25) is 0 Å². The van der Waals surface area contributed by atoms with Crippen molar-refractivity contribution in [1.82, 2.24) is 0 Å². The Morgan fingerprint density at radius 2 is 1.63 bits per heavy atom. The van der Waals surface area contributed by atoms with Crippen LogP contribution in [-0.4, -0.2) is 12.1 Å². The van der Waals surface area contributed by atoms with Gasteiger partial charge < -0.3 is 4.79 Å². The normalized spacial score (nSPS) is 11.2. The van der Waals surface area contributed by atoms with Crippen LogP contribution in [-0.2, 0) is 37.5 Å². The quantitative estimate of drug-likeness (QED) is 0.639. The predicted octanol–water partition coefficient (Wildman–Crippen LogP) is 3.13. The van der Waals surface area contributed by atoms with Crippen LogP contribution < -0.4 is 0 Å². The van der Waals surface area contributed by atoms with Crippen molar-refractivity contribution in [2.75, 3.05) is 0 Å². The predicted molar refractivity (Wildman–Crippen MR) is 70.4 cm³/mol. The van der Waals surface area contributed by atoms with Crippen LogP contribution in [0.3, 0.4) is 0 Å². The first-order valence-corrected chi connectivity index (χ1v) is 5.79. The zero-order valence-electron chi connectivity index (χ0n) is 10.7. The minimum Gasteiger partial charge on any atom is -0.541 e. The summed E-state index contributed by atoms with van der Waals surface area (Å²) >= 11 is 0. The van der Waals surface area contributed by atoms with Crippen LogP contribution >= 0.6 is 0 Å². The molecule has 0 aliphatic carbocycles. The van der Waals surface area contributed by atoms with Gasteiger partial charge in [-0.3, -0.25) is 11.1 Å². The third-order valence-electron chi connectivity index (χ3n) is 2.86. The molecule has 2 aromatic rings. The van der Waals surface area contributed by atoms with Crippen molar-refractivity contribution in [3.05, 3.63) is 71.3 Å². The number of hydrogen-bond acceptors (Lipinski definition) is 2. The van der Waals surface area contributed by atoms with E-state index in [1.54, 1.807) is 37.3 Å². The number of rotatable bonds is 4. The number of benzene rings is 2. The van der Waals surface area contributed by atoms with Gasteiger partial charge >= 0.3 is 0 Å². The summed E-state index contributed by atoms with van der Waals surface area (Å²) < 4.78 is 0. The molecule has 2 aromatic carbocycles. The first-order valence-electron chi connectivity index (χ1n) is 5.79. The molecule has 0 heterocycles. The first kappa shape index (κ1) is 15.9. The van der Waals surface area contributed by atoms with Gasteiger partial charge in [-0.05, 0) is 6.07 Å². The molecule has 19 heavy (non-hydrogen) atoms. The zero-order chi connectivity index (χ0) is 13.0. The smallest absolute Gasteiger partial charge is 0.193 e. The molecular formula is C16H13O2Y-. The maximum Gasteiger partial charge on any atom is 0.193 e. The molecule has 0 spiro atoms. The molecule has 1 radical (unpaired) electrons. The summed E-state index contributed by atoms with van der Waals surface area (Å²) in [4.78, 5) is 22.9. The molecule has 1 atom stereocenters. The Balaban J connectivity index is 0.00000180. The SMILES string of the molecule is CC([C-]=O)c1cccc(C(=O)c2ccccc2)c1.[Y]. The van der Waals surface area contributed by atoms with Gasteiger partial charge in [0.15, 0.2) is 5.78 Å². The van der Waals surface area contributed by atoms with Crippen molar-refractivity contribution in [2.24, 2.45) is 0 Å². The molecule has 0 fully saturated rings. The summed E-state index contributed by atoms with van der Waals surface area (Å²) in [6.45, 7) is 1.76. The third-order valence-corrected chi connectivity index (χ3v) is 2.86. The largest absolute Gasteiger partial charge is 0.541 e. The van der Waals surface area contributed by atoms with Gasteiger partial charge in [0.1, 0.15) is 0 Å². The molecule has 0 N–H and O–H groups in total. The molecular weight excluding hydrogens is 313 g/mol. The fourth-order valence-electron chi connectivity index (χ4n) is 1.77. The maximum absolute atomic E-state index is 12.2. The van der Waals surface area contributed by atoms with E-state index in [0.29, 0.717) is 11.1 Å². The summed E-state index contributed by atoms with van der Waals surface area (Å²) in [5.41, 5.74) is 2.06. The number of carbonyl (C=O) groups is 1. The Bertz CT molecular complexity index is 564. The summed E-state index contributed by atoms with van der Waals surface area (Å²) in [5, 5.41) is 0. The van der Waals surface area contributed by atoms with Gasteiger partial charge in [-0.25, -0.2) is 0 Å². The van der Waals surface area contributed by atoms with E-state index < -0.39 is 0 Å². The van der Waals surface area contributed by atoms with Crippen LogP contribution in [0.4, 0.5) is 0 Å². The van der Waals surface area contributed by atoms with Crippen molar-refractivity contribution >= 4 is 12.1 Å². The molecule has 0 amide bonds. The number of carbonyl (C=O) groups excluding carboxylic acids is 2. The number of ketones is 1. The van der Waals surface area contributed by atoms with E-state index in [0.717, 1.165) is 5.56 Å². The first-order chi connectivity index (χ1) is 8.72. The molecule has 2 rings (SSSR count). The van der Waals surface area contributed by atoms with Crippen LogP contribution in [0.15, 0.2) is 54.6 Å². The van der Waals surface area contributed by atoms with Crippen LogP contribution in [0.1, 0.15) is 34.3 Å². The molecule has 0 saturated carbocycles. The minimum absolute atomic E-state index is 0. The maximum atomic E-state index is 12.2. The second-order valence-electron chi connectivity index (χ2n) is 4.16. The Kier molecular flexibility index (Phi) is 6.26. The fourth-order valence-corrected chi connectivity index (χ4v) is 1.77. The van der Waals surface area contributed by atoms with Gasteiger partial charge in [0, 0.05) is 43.8 Å². The summed E-state index contributed by atoms with van der Waals surface area (Å²) in [5.74, 6) is -0.343. The molecule has 0 aromatic heterocycles. The van der Waals surface area contributed by atoms with Crippen LogP contribution in [0, 0.1) is 0 Å². The minimum atomic E-state index is -0.312. The molecule has 0 bridgehead atoms. The monoisotopic (exact) mass is 326 g/mol. The second kappa shape index (κ2) is 7.47. The van der Waals surface area contributed by atoms with Crippen molar-refractivity contribution in [3.63, 3.8) is 0 Å². The molecule has 93 valence electrons. The molecule has 3 heteroatoms. The van der Waals surface area contributed by atoms with Crippen molar-refractivity contribution < 1.29 is 42.3 Å². The van der Waals surface area contributed by atoms with E-state index in [9.17, 15) is 9.59 Å².